The average Bonchev–Trinajstić information content (AvgIpc) is 2.97. The lowest BCUT2D eigenvalue weighted by molar-refractivity contribution is -0.137. The average molecular weight is 326 g/mol. The van der Waals surface area contributed by atoms with Crippen molar-refractivity contribution in [3.05, 3.63) is 53.3 Å². The normalized spacial score (nSPS) is 11.6. The maximum absolute atomic E-state index is 12.8. The highest BCUT2D eigenvalue weighted by Gasteiger charge is 2.31. The van der Waals surface area contributed by atoms with E-state index < -0.39 is 11.7 Å². The van der Waals surface area contributed by atoms with Gasteiger partial charge in [-0.25, -0.2) is 0 Å². The first-order valence-corrected chi connectivity index (χ1v) is 6.44. The molecular weight excluding hydrogens is 319 g/mol. The first-order chi connectivity index (χ1) is 10.4. The molecule has 22 heavy (non-hydrogen) atoms. The Morgan fingerprint density at radius 1 is 1.05 bits per heavy atom. The summed E-state index contributed by atoms with van der Waals surface area (Å²) >= 11 is 5.93. The van der Waals surface area contributed by atoms with Crippen LogP contribution in [0.4, 0.5) is 13.2 Å². The molecule has 3 aromatic rings. The summed E-state index contributed by atoms with van der Waals surface area (Å²) in [5, 5.41) is 7.64. The van der Waals surface area contributed by atoms with Crippen molar-refractivity contribution < 1.29 is 17.6 Å². The molecule has 8 heteroatoms. The second-order valence-electron chi connectivity index (χ2n) is 4.35. The number of hydrogen-bond acceptors (Lipinski definition) is 4. The van der Waals surface area contributed by atoms with Crippen molar-refractivity contribution in [3.63, 3.8) is 0 Å². The minimum absolute atomic E-state index is 0.0270. The number of benzene rings is 1. The van der Waals surface area contributed by atoms with Crippen molar-refractivity contribution in [1.29, 1.82) is 0 Å². The number of nitrogens with zero attached hydrogens (tertiary/aromatic N) is 3. The van der Waals surface area contributed by atoms with E-state index in [1.165, 1.54) is 6.20 Å². The lowest BCUT2D eigenvalue weighted by atomic mass is 10.1. The molecule has 2 heterocycles. The standard InChI is InChI=1S/C14H7ClF3N3O/c15-11-4-3-9(14(16,17)18)6-10(11)13-21-20-12(22-13)8-2-1-5-19-7-8/h1-7H. The Morgan fingerprint density at radius 2 is 1.82 bits per heavy atom. The highest BCUT2D eigenvalue weighted by Crippen LogP contribution is 2.36. The first-order valence-electron chi connectivity index (χ1n) is 6.06. The minimum atomic E-state index is -4.48. The molecule has 0 atom stereocenters. The summed E-state index contributed by atoms with van der Waals surface area (Å²) in [6.45, 7) is 0. The zero-order valence-corrected chi connectivity index (χ0v) is 11.6. The molecule has 1 aromatic carbocycles. The number of alkyl halides is 3. The molecule has 0 spiro atoms. The van der Waals surface area contributed by atoms with Gasteiger partial charge in [0.05, 0.1) is 21.7 Å². The molecule has 0 aliphatic heterocycles. The third kappa shape index (κ3) is 2.80. The smallest absolute Gasteiger partial charge is 0.416 e. The minimum Gasteiger partial charge on any atom is -0.416 e. The van der Waals surface area contributed by atoms with Crippen LogP contribution in [0.15, 0.2) is 47.1 Å². The van der Waals surface area contributed by atoms with Gasteiger partial charge in [-0.2, -0.15) is 13.2 Å². The number of rotatable bonds is 2. The summed E-state index contributed by atoms with van der Waals surface area (Å²) in [6, 6.07) is 6.29. The van der Waals surface area contributed by atoms with Crippen LogP contribution in [0, 0.1) is 0 Å². The first kappa shape index (κ1) is 14.5. The highest BCUT2D eigenvalue weighted by atomic mass is 35.5. The van der Waals surface area contributed by atoms with E-state index >= 15 is 0 Å². The molecule has 0 amide bonds. The van der Waals surface area contributed by atoms with Gasteiger partial charge in [0.1, 0.15) is 0 Å². The van der Waals surface area contributed by atoms with Crippen LogP contribution in [-0.2, 0) is 6.18 Å². The van der Waals surface area contributed by atoms with Gasteiger partial charge in [-0.15, -0.1) is 10.2 Å². The fourth-order valence-electron chi connectivity index (χ4n) is 1.80. The van der Waals surface area contributed by atoms with E-state index in [9.17, 15) is 13.2 Å². The van der Waals surface area contributed by atoms with E-state index in [0.29, 0.717) is 5.56 Å². The Morgan fingerprint density at radius 3 is 2.50 bits per heavy atom. The zero-order valence-electron chi connectivity index (χ0n) is 10.8. The molecule has 0 fully saturated rings. The molecule has 0 aliphatic carbocycles. The maximum atomic E-state index is 12.8. The van der Waals surface area contributed by atoms with Crippen LogP contribution in [0.1, 0.15) is 5.56 Å². The molecule has 0 bridgehead atoms. The highest BCUT2D eigenvalue weighted by molar-refractivity contribution is 6.33. The number of halogens is 4. The van der Waals surface area contributed by atoms with E-state index in [0.717, 1.165) is 18.2 Å². The van der Waals surface area contributed by atoms with Gasteiger partial charge in [-0.05, 0) is 30.3 Å². The van der Waals surface area contributed by atoms with Gasteiger partial charge < -0.3 is 4.42 Å². The van der Waals surface area contributed by atoms with Gasteiger partial charge in [0.15, 0.2) is 0 Å². The van der Waals surface area contributed by atoms with Crippen molar-refractivity contribution in [2.24, 2.45) is 0 Å². The second kappa shape index (κ2) is 5.42. The lowest BCUT2D eigenvalue weighted by Gasteiger charge is -2.08. The Kier molecular flexibility index (Phi) is 3.58. The zero-order chi connectivity index (χ0) is 15.7. The Balaban J connectivity index is 2.04. The summed E-state index contributed by atoms with van der Waals surface area (Å²) in [5.41, 5.74) is -0.253. The largest absolute Gasteiger partial charge is 0.416 e. The van der Waals surface area contributed by atoms with Crippen LogP contribution in [-0.4, -0.2) is 15.2 Å². The molecule has 0 unspecified atom stereocenters. The molecule has 0 aliphatic rings. The van der Waals surface area contributed by atoms with Crippen LogP contribution >= 0.6 is 11.6 Å². The molecule has 4 nitrogen and oxygen atoms in total. The predicted octanol–water partition coefficient (Wildman–Crippen LogP) is 4.47. The summed E-state index contributed by atoms with van der Waals surface area (Å²) < 4.78 is 43.7. The predicted molar refractivity (Wildman–Crippen MR) is 73.0 cm³/mol. The van der Waals surface area contributed by atoms with Gasteiger partial charge >= 0.3 is 6.18 Å². The SMILES string of the molecule is FC(F)(F)c1ccc(Cl)c(-c2nnc(-c3cccnc3)o2)c1. The molecular formula is C14H7ClF3N3O. The number of pyridine rings is 1. The van der Waals surface area contributed by atoms with E-state index in [-0.39, 0.29) is 22.4 Å². The van der Waals surface area contributed by atoms with Crippen molar-refractivity contribution >= 4 is 11.6 Å². The third-order valence-electron chi connectivity index (χ3n) is 2.86. The quantitative estimate of drug-likeness (QED) is 0.697. The molecule has 3 rings (SSSR count). The van der Waals surface area contributed by atoms with Crippen LogP contribution in [0.2, 0.25) is 5.02 Å². The van der Waals surface area contributed by atoms with Gasteiger partial charge in [0.25, 0.3) is 0 Å². The van der Waals surface area contributed by atoms with Gasteiger partial charge in [0, 0.05) is 12.4 Å². The van der Waals surface area contributed by atoms with Gasteiger partial charge in [0.2, 0.25) is 11.8 Å². The monoisotopic (exact) mass is 325 g/mol. The number of hydrogen-bond donors (Lipinski definition) is 0. The third-order valence-corrected chi connectivity index (χ3v) is 3.19. The maximum Gasteiger partial charge on any atom is 0.416 e. The van der Waals surface area contributed by atoms with Crippen LogP contribution in [0.25, 0.3) is 22.9 Å². The Hall–Kier alpha value is -2.41. The summed E-state index contributed by atoms with van der Waals surface area (Å²) in [6.07, 6.45) is -1.40. The van der Waals surface area contributed by atoms with Crippen LogP contribution in [0.5, 0.6) is 0 Å². The summed E-state index contributed by atoms with van der Waals surface area (Å²) in [5.74, 6) is 0.0616. The fraction of sp³-hybridized carbons (Fsp3) is 0.0714. The van der Waals surface area contributed by atoms with Gasteiger partial charge in [-0.1, -0.05) is 11.6 Å². The molecule has 112 valence electrons. The number of aromatic nitrogens is 3. The summed E-state index contributed by atoms with van der Waals surface area (Å²) in [7, 11) is 0. The lowest BCUT2D eigenvalue weighted by Crippen LogP contribution is -2.04. The molecule has 2 aromatic heterocycles. The topological polar surface area (TPSA) is 51.8 Å². The van der Waals surface area contributed by atoms with Crippen molar-refractivity contribution in [1.82, 2.24) is 15.2 Å². The van der Waals surface area contributed by atoms with E-state index in [4.69, 9.17) is 16.0 Å². The molecule has 0 radical (unpaired) electrons. The Labute approximate surface area is 127 Å². The molecule has 0 saturated carbocycles. The van der Waals surface area contributed by atoms with Crippen molar-refractivity contribution in [2.45, 2.75) is 6.18 Å². The molecule has 0 saturated heterocycles. The van der Waals surface area contributed by atoms with E-state index in [2.05, 4.69) is 15.2 Å². The van der Waals surface area contributed by atoms with E-state index in [1.54, 1.807) is 18.3 Å². The Bertz CT molecular complexity index is 803. The van der Waals surface area contributed by atoms with Crippen molar-refractivity contribution in [3.8, 4) is 22.9 Å². The van der Waals surface area contributed by atoms with E-state index in [1.807, 2.05) is 0 Å². The second-order valence-corrected chi connectivity index (χ2v) is 4.75. The van der Waals surface area contributed by atoms with Crippen LogP contribution < -0.4 is 0 Å². The molecule has 0 N–H and O–H groups in total. The van der Waals surface area contributed by atoms with Crippen LogP contribution in [0.3, 0.4) is 0 Å². The summed E-state index contributed by atoms with van der Waals surface area (Å²) in [4.78, 5) is 3.90. The van der Waals surface area contributed by atoms with Gasteiger partial charge in [-0.3, -0.25) is 4.98 Å². The van der Waals surface area contributed by atoms with Crippen molar-refractivity contribution in [2.75, 3.05) is 0 Å². The fourth-order valence-corrected chi connectivity index (χ4v) is 2.00.